The Morgan fingerprint density at radius 2 is 1.41 bits per heavy atom. The highest BCUT2D eigenvalue weighted by atomic mass is 35.5. The molecule has 2 aliphatic carbocycles. The maximum absolute atomic E-state index is 14.0. The van der Waals surface area contributed by atoms with Crippen LogP contribution in [-0.4, -0.2) is 52.3 Å². The van der Waals surface area contributed by atoms with E-state index in [1.807, 2.05) is 0 Å². The first kappa shape index (κ1) is 32.3. The molecule has 10 heteroatoms. The molecule has 44 heavy (non-hydrogen) atoms. The van der Waals surface area contributed by atoms with Crippen molar-refractivity contribution in [3.05, 3.63) is 75.6 Å². The summed E-state index contributed by atoms with van der Waals surface area (Å²) in [5.41, 5.74) is 3.39. The Morgan fingerprint density at radius 1 is 0.841 bits per heavy atom. The van der Waals surface area contributed by atoms with E-state index in [0.29, 0.717) is 60.6 Å². The van der Waals surface area contributed by atoms with Gasteiger partial charge in [-0.2, -0.15) is 8.42 Å². The molecule has 0 amide bonds. The fourth-order valence-electron chi connectivity index (χ4n) is 6.72. The molecule has 0 fully saturated rings. The molecule has 0 spiro atoms. The van der Waals surface area contributed by atoms with Gasteiger partial charge in [-0.05, 0) is 72.1 Å². The minimum Gasteiger partial charge on any atom is -0.493 e. The van der Waals surface area contributed by atoms with Gasteiger partial charge >= 0.3 is 10.1 Å². The summed E-state index contributed by atoms with van der Waals surface area (Å²) in [5, 5.41) is 0.402. The Kier molecular flexibility index (Phi) is 8.79. The molecule has 236 valence electrons. The first-order chi connectivity index (χ1) is 20.7. The van der Waals surface area contributed by atoms with Crippen molar-refractivity contribution in [1.82, 2.24) is 4.90 Å². The lowest BCUT2D eigenvalue weighted by Gasteiger charge is -2.49. The second-order valence-electron chi connectivity index (χ2n) is 13.4. The molecule has 0 atom stereocenters. The number of allylic oxidation sites excluding steroid dienone is 4. The number of nitrogens with zero attached hydrogens (tertiary/aromatic N) is 1. The number of rotatable bonds is 9. The molecular formula is C34H40ClNO7S. The van der Waals surface area contributed by atoms with E-state index >= 15 is 0 Å². The molecule has 2 aromatic carbocycles. The lowest BCUT2D eigenvalue weighted by Crippen LogP contribution is -2.44. The lowest BCUT2D eigenvalue weighted by atomic mass is 9.63. The molecule has 2 aromatic rings. The van der Waals surface area contributed by atoms with E-state index < -0.39 is 16.0 Å². The smallest absolute Gasteiger partial charge is 0.339 e. The second-order valence-corrected chi connectivity index (χ2v) is 15.4. The van der Waals surface area contributed by atoms with E-state index in [2.05, 4.69) is 32.6 Å². The third-order valence-electron chi connectivity index (χ3n) is 8.57. The number of carbonyl (C=O) groups excluding carboxylic acids is 2. The topological polar surface area (TPSA) is 99.2 Å². The summed E-state index contributed by atoms with van der Waals surface area (Å²) in [4.78, 5) is 30.2. The molecule has 0 N–H and O–H groups in total. The molecule has 0 aromatic heterocycles. The summed E-state index contributed by atoms with van der Waals surface area (Å²) < 4.78 is 42.6. The normalized spacial score (nSPS) is 20.0. The van der Waals surface area contributed by atoms with Gasteiger partial charge in [0.05, 0.1) is 7.11 Å². The summed E-state index contributed by atoms with van der Waals surface area (Å²) >= 11 is 5.93. The Morgan fingerprint density at radius 3 is 1.93 bits per heavy atom. The van der Waals surface area contributed by atoms with Gasteiger partial charge < -0.3 is 18.6 Å². The van der Waals surface area contributed by atoms with Gasteiger partial charge in [-0.25, -0.2) is 0 Å². The highest BCUT2D eigenvalue weighted by Gasteiger charge is 2.49. The van der Waals surface area contributed by atoms with Crippen LogP contribution in [0.5, 0.6) is 11.5 Å². The summed E-state index contributed by atoms with van der Waals surface area (Å²) in [6.07, 6.45) is 2.88. The van der Waals surface area contributed by atoms with Gasteiger partial charge in [-0.3, -0.25) is 9.59 Å². The molecule has 0 bridgehead atoms. The molecule has 1 heterocycles. The highest BCUT2D eigenvalue weighted by Crippen LogP contribution is 2.55. The van der Waals surface area contributed by atoms with Gasteiger partial charge in [-0.1, -0.05) is 45.4 Å². The Hall–Kier alpha value is -3.14. The van der Waals surface area contributed by atoms with Crippen molar-refractivity contribution >= 4 is 33.3 Å². The minimum absolute atomic E-state index is 0.00110. The van der Waals surface area contributed by atoms with Gasteiger partial charge in [0, 0.05) is 66.6 Å². The van der Waals surface area contributed by atoms with Gasteiger partial charge in [0.2, 0.25) is 0 Å². The van der Waals surface area contributed by atoms with Crippen molar-refractivity contribution in [2.75, 3.05) is 27.4 Å². The number of Topliss-reactive ketones (excluding diaryl/α,β-unsaturated/α-hetero) is 2. The van der Waals surface area contributed by atoms with Crippen molar-refractivity contribution in [3.8, 4) is 11.5 Å². The monoisotopic (exact) mass is 641 g/mol. The number of methoxy groups -OCH3 is 2. The van der Waals surface area contributed by atoms with Crippen LogP contribution in [0.4, 0.5) is 0 Å². The first-order valence-corrected chi connectivity index (χ1v) is 16.6. The van der Waals surface area contributed by atoms with Crippen LogP contribution in [0.1, 0.15) is 71.3 Å². The maximum atomic E-state index is 14.0. The fraction of sp³-hybridized carbons (Fsp3) is 0.471. The lowest BCUT2D eigenvalue weighted by molar-refractivity contribution is -0.119. The van der Waals surface area contributed by atoms with Crippen LogP contribution >= 0.6 is 11.6 Å². The third kappa shape index (κ3) is 6.32. The molecule has 0 radical (unpaired) electrons. The molecule has 0 saturated heterocycles. The van der Waals surface area contributed by atoms with Crippen molar-refractivity contribution in [3.63, 3.8) is 0 Å². The number of hydrogen-bond acceptors (Lipinski definition) is 8. The van der Waals surface area contributed by atoms with E-state index in [1.54, 1.807) is 19.2 Å². The summed E-state index contributed by atoms with van der Waals surface area (Å²) in [6, 6.07) is 10.6. The van der Waals surface area contributed by atoms with Crippen LogP contribution in [0.15, 0.2) is 69.9 Å². The predicted molar refractivity (Wildman–Crippen MR) is 168 cm³/mol. The van der Waals surface area contributed by atoms with Crippen molar-refractivity contribution in [2.45, 2.75) is 70.6 Å². The Balaban J connectivity index is 1.64. The van der Waals surface area contributed by atoms with E-state index in [1.165, 1.54) is 37.4 Å². The van der Waals surface area contributed by atoms with Crippen LogP contribution in [-0.2, 0) is 24.4 Å². The SMILES string of the molecule is COCCCN1C2=C(C(=O)CC(C)(C)C2)C(c2ccc(OS(=O)(=O)c3ccc(Cl)cc3)c(OC)c2)C2=C1CC(C)(C)CC2=O. The number of halogens is 1. The van der Waals surface area contributed by atoms with Crippen molar-refractivity contribution in [2.24, 2.45) is 10.8 Å². The molecule has 8 nitrogen and oxygen atoms in total. The van der Waals surface area contributed by atoms with E-state index in [9.17, 15) is 18.0 Å². The van der Waals surface area contributed by atoms with Gasteiger partial charge in [0.15, 0.2) is 23.1 Å². The zero-order valence-corrected chi connectivity index (χ0v) is 27.7. The highest BCUT2D eigenvalue weighted by molar-refractivity contribution is 7.87. The Labute approximate surface area is 265 Å². The van der Waals surface area contributed by atoms with E-state index in [0.717, 1.165) is 17.8 Å². The standard InChI is InChI=1S/C34H40ClNO7S/c1-33(2)17-24-31(26(37)19-33)30(32-25(36(24)14-7-15-41-5)18-34(3,4)20-27(32)38)21-8-13-28(29(16-21)42-6)43-44(39,40)23-11-9-22(35)10-12-23/h8-13,16,30H,7,14-15,17-20H2,1-6H3. The minimum atomic E-state index is -4.18. The van der Waals surface area contributed by atoms with Gasteiger partial charge in [0.25, 0.3) is 0 Å². The van der Waals surface area contributed by atoms with Crippen molar-refractivity contribution < 1.29 is 31.7 Å². The zero-order chi connectivity index (χ0) is 32.0. The van der Waals surface area contributed by atoms with Crippen LogP contribution in [0.3, 0.4) is 0 Å². The average Bonchev–Trinajstić information content (AvgIpc) is 2.92. The van der Waals surface area contributed by atoms with Gasteiger partial charge in [-0.15, -0.1) is 0 Å². The maximum Gasteiger partial charge on any atom is 0.339 e. The number of ether oxygens (including phenoxy) is 2. The quantitative estimate of drug-likeness (QED) is 0.217. The zero-order valence-electron chi connectivity index (χ0n) is 26.2. The second kappa shape index (κ2) is 12.0. The summed E-state index contributed by atoms with van der Waals surface area (Å²) in [7, 11) is -1.08. The number of benzene rings is 2. The molecule has 0 saturated carbocycles. The molecular weight excluding hydrogens is 602 g/mol. The first-order valence-electron chi connectivity index (χ1n) is 14.8. The predicted octanol–water partition coefficient (Wildman–Crippen LogP) is 6.84. The molecule has 3 aliphatic rings. The molecule has 0 unspecified atom stereocenters. The summed E-state index contributed by atoms with van der Waals surface area (Å²) in [5.74, 6) is -0.377. The number of ketones is 2. The van der Waals surface area contributed by atoms with Gasteiger partial charge in [0.1, 0.15) is 4.90 Å². The molecule has 1 aliphatic heterocycles. The van der Waals surface area contributed by atoms with Crippen LogP contribution in [0.25, 0.3) is 0 Å². The van der Waals surface area contributed by atoms with Crippen LogP contribution in [0.2, 0.25) is 5.02 Å². The largest absolute Gasteiger partial charge is 0.493 e. The Bertz CT molecular complexity index is 1600. The van der Waals surface area contributed by atoms with Crippen LogP contribution in [0, 0.1) is 10.8 Å². The third-order valence-corrected chi connectivity index (χ3v) is 10.1. The van der Waals surface area contributed by atoms with E-state index in [4.69, 9.17) is 25.3 Å². The number of carbonyl (C=O) groups is 2. The molecule has 5 rings (SSSR count). The van der Waals surface area contributed by atoms with Crippen LogP contribution < -0.4 is 8.92 Å². The number of hydrogen-bond donors (Lipinski definition) is 0. The fourth-order valence-corrected chi connectivity index (χ4v) is 7.78. The summed E-state index contributed by atoms with van der Waals surface area (Å²) in [6.45, 7) is 9.63. The van der Waals surface area contributed by atoms with Crippen molar-refractivity contribution in [1.29, 1.82) is 0 Å². The average molecular weight is 642 g/mol. The van der Waals surface area contributed by atoms with E-state index in [-0.39, 0.29) is 38.8 Å².